The molecule has 128 valence electrons. The van der Waals surface area contributed by atoms with Crippen LogP contribution in [0.25, 0.3) is 0 Å². The van der Waals surface area contributed by atoms with Crippen LogP contribution in [0, 0.1) is 0 Å². The number of carbonyl (C=O) groups excluding carboxylic acids is 1. The monoisotopic (exact) mass is 344 g/mol. The maximum atomic E-state index is 12.4. The number of halogens is 1. The molecular weight excluding hydrogens is 320 g/mol. The summed E-state index contributed by atoms with van der Waals surface area (Å²) in [4.78, 5) is 12.4. The van der Waals surface area contributed by atoms with Crippen LogP contribution < -0.4 is 11.1 Å². The quantitative estimate of drug-likeness (QED) is 0.866. The van der Waals surface area contributed by atoms with Crippen molar-refractivity contribution in [3.8, 4) is 0 Å². The molecule has 2 aromatic rings. The van der Waals surface area contributed by atoms with Gasteiger partial charge in [-0.2, -0.15) is 0 Å². The molecule has 1 amide bonds. The second kappa shape index (κ2) is 8.32. The van der Waals surface area contributed by atoms with Gasteiger partial charge >= 0.3 is 0 Å². The smallest absolute Gasteiger partial charge is 0.251 e. The first kappa shape index (κ1) is 18.5. The van der Waals surface area contributed by atoms with Gasteiger partial charge in [0.1, 0.15) is 0 Å². The molecule has 1 saturated carbocycles. The second-order valence-electron chi connectivity index (χ2n) is 6.44. The Morgan fingerprint density at radius 2 is 1.62 bits per heavy atom. The van der Waals surface area contributed by atoms with Gasteiger partial charge in [-0.05, 0) is 36.1 Å². The van der Waals surface area contributed by atoms with Crippen molar-refractivity contribution in [3.63, 3.8) is 0 Å². The van der Waals surface area contributed by atoms with Gasteiger partial charge in [0.15, 0.2) is 0 Å². The van der Waals surface area contributed by atoms with Crippen molar-refractivity contribution in [1.82, 2.24) is 5.32 Å². The highest BCUT2D eigenvalue weighted by atomic mass is 35.5. The lowest BCUT2D eigenvalue weighted by Crippen LogP contribution is -2.39. The van der Waals surface area contributed by atoms with Crippen LogP contribution in [0.3, 0.4) is 0 Å². The highest BCUT2D eigenvalue weighted by Gasteiger charge is 2.35. The molecule has 0 atom stereocenters. The van der Waals surface area contributed by atoms with E-state index in [-0.39, 0.29) is 23.7 Å². The molecule has 3 rings (SSSR count). The van der Waals surface area contributed by atoms with E-state index < -0.39 is 0 Å². The third-order valence-electron chi connectivity index (χ3n) is 4.99. The molecule has 0 unspecified atom stereocenters. The number of benzene rings is 2. The molecule has 24 heavy (non-hydrogen) atoms. The molecule has 0 saturated heterocycles. The van der Waals surface area contributed by atoms with Gasteiger partial charge in [0.2, 0.25) is 0 Å². The van der Waals surface area contributed by atoms with E-state index >= 15 is 0 Å². The standard InChI is InChI=1S/C20H24N2O.ClH/c21-14-16-8-10-17(11-9-16)19(23)22-15-20(12-4-5-13-20)18-6-2-1-3-7-18;/h1-3,6-11H,4-5,12-15,21H2,(H,22,23);1H. The molecule has 0 aromatic heterocycles. The van der Waals surface area contributed by atoms with Gasteiger partial charge in [0, 0.05) is 24.1 Å². The maximum absolute atomic E-state index is 12.4. The number of amides is 1. The summed E-state index contributed by atoms with van der Waals surface area (Å²) in [5, 5.41) is 3.15. The zero-order valence-corrected chi connectivity index (χ0v) is 14.6. The molecule has 1 aliphatic rings. The number of hydrogen-bond donors (Lipinski definition) is 2. The van der Waals surface area contributed by atoms with Crippen LogP contribution in [0.5, 0.6) is 0 Å². The summed E-state index contributed by atoms with van der Waals surface area (Å²) in [6.07, 6.45) is 4.75. The van der Waals surface area contributed by atoms with Gasteiger partial charge in [-0.25, -0.2) is 0 Å². The van der Waals surface area contributed by atoms with Gasteiger partial charge in [-0.1, -0.05) is 55.3 Å². The van der Waals surface area contributed by atoms with E-state index in [1.807, 2.05) is 30.3 Å². The zero-order valence-electron chi connectivity index (χ0n) is 13.8. The van der Waals surface area contributed by atoms with Crippen LogP contribution in [0.15, 0.2) is 54.6 Å². The maximum Gasteiger partial charge on any atom is 0.251 e. The number of hydrogen-bond acceptors (Lipinski definition) is 2. The predicted molar refractivity (Wildman–Crippen MR) is 101 cm³/mol. The first-order chi connectivity index (χ1) is 11.2. The predicted octanol–water partition coefficient (Wildman–Crippen LogP) is 3.81. The van der Waals surface area contributed by atoms with E-state index in [4.69, 9.17) is 5.73 Å². The third kappa shape index (κ3) is 3.97. The van der Waals surface area contributed by atoms with Crippen molar-refractivity contribution in [3.05, 3.63) is 71.3 Å². The van der Waals surface area contributed by atoms with Crippen molar-refractivity contribution in [1.29, 1.82) is 0 Å². The van der Waals surface area contributed by atoms with Crippen LogP contribution >= 0.6 is 12.4 Å². The van der Waals surface area contributed by atoms with Crippen molar-refractivity contribution in [2.45, 2.75) is 37.6 Å². The fourth-order valence-electron chi connectivity index (χ4n) is 3.55. The molecule has 4 heteroatoms. The van der Waals surface area contributed by atoms with E-state index in [0.717, 1.165) is 18.4 Å². The minimum Gasteiger partial charge on any atom is -0.351 e. The molecule has 0 spiro atoms. The Morgan fingerprint density at radius 1 is 1.00 bits per heavy atom. The van der Waals surface area contributed by atoms with Crippen molar-refractivity contribution >= 4 is 18.3 Å². The SMILES string of the molecule is Cl.NCc1ccc(C(=O)NCC2(c3ccccc3)CCCC2)cc1. The molecular formula is C20H25ClN2O. The van der Waals surface area contributed by atoms with E-state index in [2.05, 4.69) is 29.6 Å². The highest BCUT2D eigenvalue weighted by Crippen LogP contribution is 2.40. The minimum atomic E-state index is -0.00391. The van der Waals surface area contributed by atoms with Gasteiger partial charge in [0.25, 0.3) is 5.91 Å². The molecule has 0 radical (unpaired) electrons. The van der Waals surface area contributed by atoms with Crippen LogP contribution in [-0.4, -0.2) is 12.5 Å². The van der Waals surface area contributed by atoms with Gasteiger partial charge < -0.3 is 11.1 Å². The Kier molecular flexibility index (Phi) is 6.41. The van der Waals surface area contributed by atoms with Crippen molar-refractivity contribution in [2.75, 3.05) is 6.54 Å². The molecule has 0 bridgehead atoms. The van der Waals surface area contributed by atoms with Crippen molar-refractivity contribution < 1.29 is 4.79 Å². The second-order valence-corrected chi connectivity index (χ2v) is 6.44. The van der Waals surface area contributed by atoms with Crippen molar-refractivity contribution in [2.24, 2.45) is 5.73 Å². The third-order valence-corrected chi connectivity index (χ3v) is 4.99. The molecule has 1 fully saturated rings. The summed E-state index contributed by atoms with van der Waals surface area (Å²) in [5.74, 6) is -0.00391. The van der Waals surface area contributed by atoms with E-state index in [9.17, 15) is 4.79 Å². The number of rotatable bonds is 5. The lowest BCUT2D eigenvalue weighted by Gasteiger charge is -2.30. The van der Waals surface area contributed by atoms with E-state index in [1.165, 1.54) is 18.4 Å². The van der Waals surface area contributed by atoms with Crippen LogP contribution in [0.2, 0.25) is 0 Å². The fraction of sp³-hybridized carbons (Fsp3) is 0.350. The fourth-order valence-corrected chi connectivity index (χ4v) is 3.55. The van der Waals surface area contributed by atoms with Crippen LogP contribution in [0.1, 0.15) is 47.2 Å². The summed E-state index contributed by atoms with van der Waals surface area (Å²) >= 11 is 0. The summed E-state index contributed by atoms with van der Waals surface area (Å²) in [6.45, 7) is 1.20. The molecule has 0 heterocycles. The molecule has 2 aromatic carbocycles. The molecule has 3 nitrogen and oxygen atoms in total. The topological polar surface area (TPSA) is 55.1 Å². The molecule has 3 N–H and O–H groups in total. The summed E-state index contributed by atoms with van der Waals surface area (Å²) in [7, 11) is 0. The Morgan fingerprint density at radius 3 is 2.21 bits per heavy atom. The van der Waals surface area contributed by atoms with Crippen LogP contribution in [-0.2, 0) is 12.0 Å². The normalized spacial score (nSPS) is 15.5. The van der Waals surface area contributed by atoms with Crippen LogP contribution in [0.4, 0.5) is 0 Å². The Bertz CT molecular complexity index is 649. The zero-order chi connectivity index (χ0) is 16.1. The lowest BCUT2D eigenvalue weighted by molar-refractivity contribution is 0.0943. The molecule has 0 aliphatic heterocycles. The first-order valence-electron chi connectivity index (χ1n) is 8.36. The number of nitrogens with two attached hydrogens (primary N) is 1. The van der Waals surface area contributed by atoms with E-state index in [0.29, 0.717) is 18.7 Å². The average Bonchev–Trinajstić information content (AvgIpc) is 3.11. The van der Waals surface area contributed by atoms with Gasteiger partial charge in [-0.3, -0.25) is 4.79 Å². The number of nitrogens with one attached hydrogen (secondary N) is 1. The summed E-state index contributed by atoms with van der Waals surface area (Å²) < 4.78 is 0. The lowest BCUT2D eigenvalue weighted by atomic mass is 9.79. The van der Waals surface area contributed by atoms with Gasteiger partial charge in [0.05, 0.1) is 0 Å². The average molecular weight is 345 g/mol. The first-order valence-corrected chi connectivity index (χ1v) is 8.36. The number of carbonyl (C=O) groups is 1. The Labute approximate surface area is 150 Å². The molecule has 1 aliphatic carbocycles. The Hall–Kier alpha value is -1.84. The van der Waals surface area contributed by atoms with E-state index in [1.54, 1.807) is 0 Å². The van der Waals surface area contributed by atoms with Gasteiger partial charge in [-0.15, -0.1) is 12.4 Å². The summed E-state index contributed by atoms with van der Waals surface area (Å²) in [5.41, 5.74) is 8.77. The minimum absolute atomic E-state index is 0. The largest absolute Gasteiger partial charge is 0.351 e. The Balaban J connectivity index is 0.00000208. The summed E-state index contributed by atoms with van der Waals surface area (Å²) in [6, 6.07) is 18.1. The highest BCUT2D eigenvalue weighted by molar-refractivity contribution is 5.94.